The lowest BCUT2D eigenvalue weighted by Crippen LogP contribution is -1.93. The monoisotopic (exact) mass is 212 g/mol. The molecule has 3 aromatic heterocycles. The maximum atomic E-state index is 4.33. The summed E-state index contributed by atoms with van der Waals surface area (Å²) >= 11 is 0. The molecule has 0 bridgehead atoms. The van der Waals surface area contributed by atoms with Gasteiger partial charge >= 0.3 is 0 Å². The van der Waals surface area contributed by atoms with Crippen LogP contribution in [0.2, 0.25) is 0 Å². The fourth-order valence-electron chi connectivity index (χ4n) is 1.95. The highest BCUT2D eigenvalue weighted by Gasteiger charge is 2.09. The minimum atomic E-state index is 0.940. The summed E-state index contributed by atoms with van der Waals surface area (Å²) in [6, 6.07) is 4.00. The largest absolute Gasteiger partial charge is 0.331 e. The van der Waals surface area contributed by atoms with Crippen LogP contribution >= 0.6 is 0 Å². The third-order valence-electron chi connectivity index (χ3n) is 2.74. The van der Waals surface area contributed by atoms with Crippen molar-refractivity contribution in [1.82, 2.24) is 19.2 Å². The molecule has 3 rings (SSSR count). The van der Waals surface area contributed by atoms with E-state index in [2.05, 4.69) is 27.6 Å². The summed E-state index contributed by atoms with van der Waals surface area (Å²) < 4.78 is 4.07. The van der Waals surface area contributed by atoms with Gasteiger partial charge < -0.3 is 4.57 Å². The van der Waals surface area contributed by atoms with E-state index in [4.69, 9.17) is 0 Å². The Kier molecular flexibility index (Phi) is 1.99. The van der Waals surface area contributed by atoms with E-state index < -0.39 is 0 Å². The molecule has 16 heavy (non-hydrogen) atoms. The number of fused-ring (bicyclic) bond motifs is 1. The van der Waals surface area contributed by atoms with Crippen LogP contribution in [0.1, 0.15) is 6.92 Å². The Labute approximate surface area is 93.2 Å². The molecule has 3 heterocycles. The van der Waals surface area contributed by atoms with Crippen molar-refractivity contribution in [3.63, 3.8) is 0 Å². The van der Waals surface area contributed by atoms with E-state index in [1.807, 2.05) is 35.4 Å². The van der Waals surface area contributed by atoms with Gasteiger partial charge in [0.25, 0.3) is 0 Å². The van der Waals surface area contributed by atoms with Crippen molar-refractivity contribution in [2.75, 3.05) is 0 Å². The molecule has 0 spiro atoms. The topological polar surface area (TPSA) is 35.1 Å². The first kappa shape index (κ1) is 9.15. The quantitative estimate of drug-likeness (QED) is 0.653. The molecule has 0 saturated heterocycles. The van der Waals surface area contributed by atoms with Gasteiger partial charge in [0.15, 0.2) is 0 Å². The smallest absolute Gasteiger partial charge is 0.143 e. The molecule has 0 unspecified atom stereocenters. The van der Waals surface area contributed by atoms with Gasteiger partial charge in [-0.1, -0.05) is 6.07 Å². The highest BCUT2D eigenvalue weighted by molar-refractivity contribution is 5.76. The molecule has 0 saturated carbocycles. The van der Waals surface area contributed by atoms with Gasteiger partial charge in [-0.15, -0.1) is 0 Å². The lowest BCUT2D eigenvalue weighted by atomic mass is 10.1. The summed E-state index contributed by atoms with van der Waals surface area (Å²) in [6.45, 7) is 3.06. The Hall–Kier alpha value is -2.10. The molecule has 0 aliphatic carbocycles. The van der Waals surface area contributed by atoms with Crippen LogP contribution in [0.25, 0.3) is 16.8 Å². The fraction of sp³-hybridized carbons (Fsp3) is 0.167. The predicted molar refractivity (Wildman–Crippen MR) is 62.1 cm³/mol. The van der Waals surface area contributed by atoms with Gasteiger partial charge in [-0.05, 0) is 13.0 Å². The number of imidazole rings is 1. The van der Waals surface area contributed by atoms with E-state index in [0.29, 0.717) is 0 Å². The molecule has 80 valence electrons. The SMILES string of the molecule is CCn1ccn2ncc(-c3cccnc3)c12. The third-order valence-corrected chi connectivity index (χ3v) is 2.74. The second-order valence-corrected chi connectivity index (χ2v) is 3.65. The normalized spacial score (nSPS) is 11.1. The molecule has 0 aliphatic rings. The van der Waals surface area contributed by atoms with Crippen LogP contribution in [0, 0.1) is 0 Å². The standard InChI is InChI=1S/C12H12N4/c1-2-15-6-7-16-12(15)11(9-14-16)10-4-3-5-13-8-10/h3-9H,2H2,1H3. The van der Waals surface area contributed by atoms with E-state index in [-0.39, 0.29) is 0 Å². The molecular weight excluding hydrogens is 200 g/mol. The number of aromatic nitrogens is 4. The van der Waals surface area contributed by atoms with Gasteiger partial charge in [-0.25, -0.2) is 4.52 Å². The predicted octanol–water partition coefficient (Wildman–Crippen LogP) is 2.22. The van der Waals surface area contributed by atoms with E-state index in [1.165, 1.54) is 0 Å². The average molecular weight is 212 g/mol. The van der Waals surface area contributed by atoms with Gasteiger partial charge in [0, 0.05) is 42.5 Å². The summed E-state index contributed by atoms with van der Waals surface area (Å²) in [7, 11) is 0. The number of rotatable bonds is 2. The van der Waals surface area contributed by atoms with Crippen molar-refractivity contribution in [3.05, 3.63) is 43.1 Å². The van der Waals surface area contributed by atoms with E-state index in [9.17, 15) is 0 Å². The van der Waals surface area contributed by atoms with Gasteiger partial charge in [0.1, 0.15) is 5.65 Å². The molecule has 0 N–H and O–H groups in total. The van der Waals surface area contributed by atoms with Crippen molar-refractivity contribution in [3.8, 4) is 11.1 Å². The Morgan fingerprint density at radius 3 is 2.94 bits per heavy atom. The lowest BCUT2D eigenvalue weighted by Gasteiger charge is -2.01. The molecule has 0 fully saturated rings. The minimum Gasteiger partial charge on any atom is -0.331 e. The zero-order chi connectivity index (χ0) is 11.0. The van der Waals surface area contributed by atoms with Crippen molar-refractivity contribution in [2.45, 2.75) is 13.5 Å². The first-order chi connectivity index (χ1) is 7.90. The maximum Gasteiger partial charge on any atom is 0.143 e. The van der Waals surface area contributed by atoms with Gasteiger partial charge in [-0.2, -0.15) is 5.10 Å². The van der Waals surface area contributed by atoms with Crippen LogP contribution in [0.15, 0.2) is 43.1 Å². The van der Waals surface area contributed by atoms with Crippen LogP contribution in [-0.4, -0.2) is 19.2 Å². The Morgan fingerprint density at radius 1 is 1.25 bits per heavy atom. The average Bonchev–Trinajstić information content (AvgIpc) is 2.90. The molecule has 0 radical (unpaired) electrons. The summed E-state index contributed by atoms with van der Waals surface area (Å²) in [4.78, 5) is 4.14. The second-order valence-electron chi connectivity index (χ2n) is 3.65. The molecule has 0 amide bonds. The highest BCUT2D eigenvalue weighted by Crippen LogP contribution is 2.23. The van der Waals surface area contributed by atoms with Crippen molar-refractivity contribution in [2.24, 2.45) is 0 Å². The maximum absolute atomic E-state index is 4.33. The van der Waals surface area contributed by atoms with Crippen LogP contribution < -0.4 is 0 Å². The number of hydrogen-bond acceptors (Lipinski definition) is 2. The van der Waals surface area contributed by atoms with Crippen molar-refractivity contribution in [1.29, 1.82) is 0 Å². The molecule has 4 nitrogen and oxygen atoms in total. The highest BCUT2D eigenvalue weighted by atomic mass is 15.3. The molecule has 0 atom stereocenters. The van der Waals surface area contributed by atoms with Crippen LogP contribution in [-0.2, 0) is 6.54 Å². The van der Waals surface area contributed by atoms with Gasteiger partial charge in [0.2, 0.25) is 0 Å². The molecule has 0 aromatic carbocycles. The number of nitrogens with zero attached hydrogens (tertiary/aromatic N) is 4. The van der Waals surface area contributed by atoms with E-state index in [0.717, 1.165) is 23.3 Å². The summed E-state index contributed by atoms with van der Waals surface area (Å²) in [5, 5.41) is 4.33. The molecule has 0 aliphatic heterocycles. The summed E-state index contributed by atoms with van der Waals surface area (Å²) in [6.07, 6.45) is 9.55. The molecule has 3 aromatic rings. The number of hydrogen-bond donors (Lipinski definition) is 0. The summed E-state index contributed by atoms with van der Waals surface area (Å²) in [5.74, 6) is 0. The minimum absolute atomic E-state index is 0.940. The van der Waals surface area contributed by atoms with Gasteiger partial charge in [-0.3, -0.25) is 4.98 Å². The first-order valence-electron chi connectivity index (χ1n) is 5.33. The Balaban J connectivity index is 2.28. The number of aryl methyl sites for hydroxylation is 1. The first-order valence-corrected chi connectivity index (χ1v) is 5.33. The zero-order valence-electron chi connectivity index (χ0n) is 9.04. The van der Waals surface area contributed by atoms with Crippen LogP contribution in [0.5, 0.6) is 0 Å². The van der Waals surface area contributed by atoms with Gasteiger partial charge in [0.05, 0.1) is 6.20 Å². The zero-order valence-corrected chi connectivity index (χ0v) is 9.04. The number of pyridine rings is 1. The lowest BCUT2D eigenvalue weighted by molar-refractivity contribution is 0.789. The second kappa shape index (κ2) is 3.48. The Morgan fingerprint density at radius 2 is 2.19 bits per heavy atom. The van der Waals surface area contributed by atoms with Crippen LogP contribution in [0.4, 0.5) is 0 Å². The Bertz CT molecular complexity index is 606. The van der Waals surface area contributed by atoms with E-state index in [1.54, 1.807) is 6.20 Å². The molecular formula is C12H12N4. The fourth-order valence-corrected chi connectivity index (χ4v) is 1.95. The van der Waals surface area contributed by atoms with E-state index >= 15 is 0 Å². The van der Waals surface area contributed by atoms with Crippen molar-refractivity contribution >= 4 is 5.65 Å². The summed E-state index contributed by atoms with van der Waals surface area (Å²) in [5.41, 5.74) is 3.35. The molecule has 4 heteroatoms. The third kappa shape index (κ3) is 1.23. The van der Waals surface area contributed by atoms with Crippen LogP contribution in [0.3, 0.4) is 0 Å². The van der Waals surface area contributed by atoms with Crippen molar-refractivity contribution < 1.29 is 0 Å².